The minimum Gasteiger partial charge on any atom is -0.306 e. The van der Waals surface area contributed by atoms with Crippen molar-refractivity contribution in [3.05, 3.63) is 6.58 Å². The number of aryl methyl sites for hydroxylation is 1. The second kappa shape index (κ2) is 1.85. The number of rotatable bonds is 1. The predicted molar refractivity (Wildman–Crippen MR) is 32.0 cm³/mol. The number of aromatic nitrogens is 4. The molecule has 0 spiro atoms. The zero-order chi connectivity index (χ0) is 6.85. The Hall–Kier alpha value is -1.39. The molecule has 0 bridgehead atoms. The van der Waals surface area contributed by atoms with E-state index in [-0.39, 0.29) is 0 Å². The normalized spacial score (nSPS) is 9.44. The maximum Gasteiger partial charge on any atom is 0.366 e. The molecule has 0 saturated carbocycles. The molecule has 0 aromatic carbocycles. The summed E-state index contributed by atoms with van der Waals surface area (Å²) in [5.74, 6) is 0.463. The maximum atomic E-state index is 5.44. The smallest absolute Gasteiger partial charge is 0.306 e. The number of anilines is 1. The van der Waals surface area contributed by atoms with Gasteiger partial charge in [0.25, 0.3) is 0 Å². The lowest BCUT2D eigenvalue weighted by Gasteiger charge is -1.81. The Morgan fingerprint density at radius 3 is 2.78 bits per heavy atom. The number of nitrogens with two attached hydrogens (primary N) is 1. The maximum absolute atomic E-state index is 5.44. The SMILES string of the molecule is C=Cn1nn[n+](C)c1N. The Balaban J connectivity index is 3.18. The minimum atomic E-state index is 0.463. The van der Waals surface area contributed by atoms with E-state index < -0.39 is 0 Å². The molecule has 1 aromatic rings. The van der Waals surface area contributed by atoms with Crippen LogP contribution in [0.1, 0.15) is 0 Å². The molecule has 2 N–H and O–H groups in total. The first kappa shape index (κ1) is 5.74. The van der Waals surface area contributed by atoms with Crippen molar-refractivity contribution in [2.45, 2.75) is 0 Å². The molecule has 0 aliphatic rings. The molecule has 0 radical (unpaired) electrons. The summed E-state index contributed by atoms with van der Waals surface area (Å²) in [6.07, 6.45) is 1.49. The van der Waals surface area contributed by atoms with Crippen LogP contribution in [0.2, 0.25) is 0 Å². The van der Waals surface area contributed by atoms with E-state index in [1.165, 1.54) is 15.6 Å². The first-order chi connectivity index (χ1) is 4.25. The standard InChI is InChI=1S/C4H7N5/c1-3-9-4(5)8(2)6-7-9/h3,5H,1H2,2H3/p+1. The molecule has 0 unspecified atom stereocenters. The van der Waals surface area contributed by atoms with Crippen molar-refractivity contribution in [2.75, 3.05) is 5.73 Å². The number of nitrogen functional groups attached to an aromatic ring is 1. The van der Waals surface area contributed by atoms with Gasteiger partial charge in [-0.1, -0.05) is 11.3 Å². The van der Waals surface area contributed by atoms with Crippen LogP contribution in [0.5, 0.6) is 0 Å². The molecule has 5 heteroatoms. The highest BCUT2D eigenvalue weighted by molar-refractivity contribution is 5.22. The van der Waals surface area contributed by atoms with E-state index in [4.69, 9.17) is 5.73 Å². The Labute approximate surface area is 52.4 Å². The Kier molecular flexibility index (Phi) is 1.18. The van der Waals surface area contributed by atoms with Gasteiger partial charge in [-0.2, -0.15) is 0 Å². The predicted octanol–water partition coefficient (Wildman–Crippen LogP) is -1.21. The van der Waals surface area contributed by atoms with Crippen LogP contribution in [0, 0.1) is 0 Å². The summed E-state index contributed by atoms with van der Waals surface area (Å²) in [5, 5.41) is 7.24. The second-order valence-corrected chi connectivity index (χ2v) is 1.59. The fourth-order valence-electron chi connectivity index (χ4n) is 0.473. The van der Waals surface area contributed by atoms with Crippen molar-refractivity contribution in [2.24, 2.45) is 7.05 Å². The van der Waals surface area contributed by atoms with Gasteiger partial charge >= 0.3 is 5.95 Å². The van der Waals surface area contributed by atoms with Crippen molar-refractivity contribution in [1.29, 1.82) is 0 Å². The summed E-state index contributed by atoms with van der Waals surface area (Å²) in [4.78, 5) is 0. The lowest BCUT2D eigenvalue weighted by atomic mass is 10.9. The lowest BCUT2D eigenvalue weighted by molar-refractivity contribution is -0.717. The van der Waals surface area contributed by atoms with Crippen LogP contribution in [0.3, 0.4) is 0 Å². The quantitative estimate of drug-likeness (QED) is 0.480. The van der Waals surface area contributed by atoms with Gasteiger partial charge in [-0.15, -0.1) is 4.68 Å². The highest BCUT2D eigenvalue weighted by atomic mass is 15.6. The molecular formula is C4H8N5+. The molecule has 0 amide bonds. The van der Waals surface area contributed by atoms with Gasteiger partial charge in [-0.25, -0.2) is 0 Å². The van der Waals surface area contributed by atoms with Crippen LogP contribution in [0.4, 0.5) is 5.95 Å². The minimum absolute atomic E-state index is 0.463. The highest BCUT2D eigenvalue weighted by Gasteiger charge is 2.07. The van der Waals surface area contributed by atoms with Crippen molar-refractivity contribution in [1.82, 2.24) is 15.1 Å². The average Bonchev–Trinajstić information content (AvgIpc) is 2.15. The number of hydrogen-bond acceptors (Lipinski definition) is 3. The molecule has 0 aliphatic heterocycles. The van der Waals surface area contributed by atoms with Gasteiger partial charge in [-0.05, 0) is 0 Å². The Morgan fingerprint density at radius 1 is 1.89 bits per heavy atom. The van der Waals surface area contributed by atoms with E-state index in [9.17, 15) is 0 Å². The monoisotopic (exact) mass is 126 g/mol. The van der Waals surface area contributed by atoms with E-state index >= 15 is 0 Å². The van der Waals surface area contributed by atoms with E-state index in [1.54, 1.807) is 7.05 Å². The Bertz CT molecular complexity index is 225. The fourth-order valence-corrected chi connectivity index (χ4v) is 0.473. The van der Waals surface area contributed by atoms with Crippen LogP contribution in [-0.2, 0) is 7.05 Å². The summed E-state index contributed by atoms with van der Waals surface area (Å²) < 4.78 is 2.85. The number of hydrogen-bond donors (Lipinski definition) is 1. The van der Waals surface area contributed by atoms with Crippen molar-refractivity contribution in [3.63, 3.8) is 0 Å². The van der Waals surface area contributed by atoms with Crippen LogP contribution in [-0.4, -0.2) is 15.1 Å². The summed E-state index contributed by atoms with van der Waals surface area (Å²) in [7, 11) is 1.71. The molecule has 1 rings (SSSR count). The van der Waals surface area contributed by atoms with Crippen LogP contribution in [0.15, 0.2) is 6.58 Å². The van der Waals surface area contributed by atoms with Crippen LogP contribution in [0.25, 0.3) is 6.20 Å². The molecule has 1 heterocycles. The van der Waals surface area contributed by atoms with Crippen molar-refractivity contribution < 1.29 is 4.68 Å². The van der Waals surface area contributed by atoms with Gasteiger partial charge in [0.1, 0.15) is 5.21 Å². The average molecular weight is 126 g/mol. The first-order valence-corrected chi connectivity index (χ1v) is 2.45. The molecular weight excluding hydrogens is 118 g/mol. The zero-order valence-corrected chi connectivity index (χ0v) is 5.15. The second-order valence-electron chi connectivity index (χ2n) is 1.59. The number of tetrazole rings is 1. The van der Waals surface area contributed by atoms with Crippen LogP contribution >= 0.6 is 0 Å². The van der Waals surface area contributed by atoms with Crippen molar-refractivity contribution in [3.8, 4) is 0 Å². The molecule has 0 fully saturated rings. The van der Waals surface area contributed by atoms with Gasteiger partial charge in [0.15, 0.2) is 0 Å². The molecule has 0 saturated heterocycles. The molecule has 0 atom stereocenters. The summed E-state index contributed by atoms with van der Waals surface area (Å²) >= 11 is 0. The molecule has 48 valence electrons. The summed E-state index contributed by atoms with van der Waals surface area (Å²) in [6.45, 7) is 3.47. The van der Waals surface area contributed by atoms with Gasteiger partial charge in [0.2, 0.25) is 0 Å². The molecule has 0 aliphatic carbocycles. The zero-order valence-electron chi connectivity index (χ0n) is 5.15. The third-order valence-electron chi connectivity index (χ3n) is 1.01. The van der Waals surface area contributed by atoms with Gasteiger partial charge < -0.3 is 5.73 Å². The third-order valence-corrected chi connectivity index (χ3v) is 1.01. The topological polar surface area (TPSA) is 60.6 Å². The first-order valence-electron chi connectivity index (χ1n) is 2.45. The summed E-state index contributed by atoms with van der Waals surface area (Å²) in [5.41, 5.74) is 5.44. The van der Waals surface area contributed by atoms with E-state index in [2.05, 4.69) is 17.0 Å². The van der Waals surface area contributed by atoms with E-state index in [0.717, 1.165) is 0 Å². The molecule has 1 aromatic heterocycles. The summed E-state index contributed by atoms with van der Waals surface area (Å²) in [6, 6.07) is 0. The lowest BCUT2D eigenvalue weighted by Crippen LogP contribution is -2.33. The van der Waals surface area contributed by atoms with Crippen LogP contribution < -0.4 is 10.4 Å². The van der Waals surface area contributed by atoms with Gasteiger partial charge in [0.05, 0.1) is 18.5 Å². The van der Waals surface area contributed by atoms with Gasteiger partial charge in [-0.3, -0.25) is 0 Å². The molecule has 5 nitrogen and oxygen atoms in total. The fraction of sp³-hybridized carbons (Fsp3) is 0.250. The third kappa shape index (κ3) is 0.758. The molecule has 9 heavy (non-hydrogen) atoms. The number of nitrogens with zero attached hydrogens (tertiary/aromatic N) is 4. The van der Waals surface area contributed by atoms with Gasteiger partial charge in [0, 0.05) is 0 Å². The van der Waals surface area contributed by atoms with E-state index in [0.29, 0.717) is 5.95 Å². The highest BCUT2D eigenvalue weighted by Crippen LogP contribution is 1.86. The Morgan fingerprint density at radius 2 is 2.56 bits per heavy atom. The van der Waals surface area contributed by atoms with Crippen molar-refractivity contribution >= 4 is 12.1 Å². The largest absolute Gasteiger partial charge is 0.366 e. The van der Waals surface area contributed by atoms with E-state index in [1.807, 2.05) is 0 Å².